The van der Waals surface area contributed by atoms with Gasteiger partial charge < -0.3 is 10.1 Å². The van der Waals surface area contributed by atoms with E-state index in [4.69, 9.17) is 4.74 Å². The summed E-state index contributed by atoms with van der Waals surface area (Å²) >= 11 is 0. The molecule has 1 heterocycles. The van der Waals surface area contributed by atoms with Crippen molar-refractivity contribution in [2.75, 3.05) is 19.0 Å². The number of benzene rings is 1. The molecule has 7 heteroatoms. The van der Waals surface area contributed by atoms with Crippen LogP contribution in [0.5, 0.6) is 0 Å². The molecule has 0 spiro atoms. The Morgan fingerprint density at radius 1 is 1.35 bits per heavy atom. The highest BCUT2D eigenvalue weighted by Gasteiger charge is 2.15. The minimum atomic E-state index is -0.577. The maximum Gasteiger partial charge on any atom is 0.355 e. The van der Waals surface area contributed by atoms with Gasteiger partial charge in [-0.3, -0.25) is 4.98 Å². The molecule has 0 unspecified atom stereocenters. The fourth-order valence-corrected chi connectivity index (χ4v) is 2.39. The van der Waals surface area contributed by atoms with Crippen molar-refractivity contribution >= 4 is 5.95 Å². The Morgan fingerprint density at radius 2 is 2.09 bits per heavy atom. The number of ether oxygens (including phenoxy) is 1. The minimum Gasteiger partial charge on any atom is -0.382 e. The van der Waals surface area contributed by atoms with Crippen molar-refractivity contribution < 1.29 is 4.74 Å². The lowest BCUT2D eigenvalue weighted by Crippen LogP contribution is -2.39. The highest BCUT2D eigenvalue weighted by atomic mass is 16.5. The van der Waals surface area contributed by atoms with Gasteiger partial charge in [-0.2, -0.15) is 4.98 Å². The molecule has 0 radical (unpaired) electrons. The summed E-state index contributed by atoms with van der Waals surface area (Å²) in [5, 5.41) is 3.07. The van der Waals surface area contributed by atoms with Gasteiger partial charge in [0.1, 0.15) is 0 Å². The number of nitrogens with zero attached hydrogens (tertiary/aromatic N) is 2. The first-order chi connectivity index (χ1) is 10.9. The number of anilines is 1. The summed E-state index contributed by atoms with van der Waals surface area (Å²) in [6.45, 7) is 5.88. The van der Waals surface area contributed by atoms with Gasteiger partial charge >= 0.3 is 11.4 Å². The van der Waals surface area contributed by atoms with Crippen LogP contribution in [0.3, 0.4) is 0 Å². The molecule has 2 aromatic rings. The van der Waals surface area contributed by atoms with Gasteiger partial charge in [0, 0.05) is 13.2 Å². The van der Waals surface area contributed by atoms with E-state index >= 15 is 0 Å². The topological polar surface area (TPSA) is 89.0 Å². The number of aryl methyl sites for hydroxylation is 1. The Bertz CT molecular complexity index is 748. The highest BCUT2D eigenvalue weighted by molar-refractivity contribution is 5.33. The van der Waals surface area contributed by atoms with Crippen LogP contribution < -0.4 is 16.7 Å². The van der Waals surface area contributed by atoms with Gasteiger partial charge in [0.15, 0.2) is 0 Å². The summed E-state index contributed by atoms with van der Waals surface area (Å²) in [6.07, 6.45) is 0. The normalized spacial score (nSPS) is 12.4. The average Bonchev–Trinajstić information content (AvgIpc) is 2.45. The second-order valence-electron chi connectivity index (χ2n) is 5.70. The zero-order chi connectivity index (χ0) is 17.0. The molecule has 1 aromatic carbocycles. The van der Waals surface area contributed by atoms with Gasteiger partial charge in [-0.15, -0.1) is 0 Å². The molecular weight excluding hydrogens is 296 g/mol. The van der Waals surface area contributed by atoms with Gasteiger partial charge in [-0.1, -0.05) is 29.8 Å². The van der Waals surface area contributed by atoms with Crippen molar-refractivity contribution in [2.45, 2.75) is 32.9 Å². The lowest BCUT2D eigenvalue weighted by Gasteiger charge is -2.19. The van der Waals surface area contributed by atoms with Crippen molar-refractivity contribution in [3.63, 3.8) is 0 Å². The lowest BCUT2D eigenvalue weighted by atomic mass is 10.1. The van der Waals surface area contributed by atoms with Crippen LogP contribution in [0.4, 0.5) is 5.95 Å². The van der Waals surface area contributed by atoms with Crippen LogP contribution >= 0.6 is 0 Å². The van der Waals surface area contributed by atoms with Crippen molar-refractivity contribution in [2.24, 2.45) is 0 Å². The third-order valence-electron chi connectivity index (χ3n) is 3.46. The van der Waals surface area contributed by atoms with Gasteiger partial charge in [0.05, 0.1) is 12.6 Å². The second-order valence-corrected chi connectivity index (χ2v) is 5.70. The number of hydrogen-bond donors (Lipinski definition) is 2. The maximum atomic E-state index is 12.0. The van der Waals surface area contributed by atoms with Gasteiger partial charge in [-0.25, -0.2) is 14.2 Å². The van der Waals surface area contributed by atoms with E-state index in [-0.39, 0.29) is 18.0 Å². The quantitative estimate of drug-likeness (QED) is 0.845. The number of H-pyrrole nitrogens is 1. The number of aromatic nitrogens is 3. The first-order valence-corrected chi connectivity index (χ1v) is 7.47. The monoisotopic (exact) mass is 318 g/mol. The fraction of sp³-hybridized carbons (Fsp3) is 0.438. The molecule has 2 rings (SSSR count). The largest absolute Gasteiger partial charge is 0.382 e. The van der Waals surface area contributed by atoms with Crippen LogP contribution in [0, 0.1) is 6.92 Å². The van der Waals surface area contributed by atoms with E-state index in [2.05, 4.69) is 15.3 Å². The Kier molecular flexibility index (Phi) is 5.33. The summed E-state index contributed by atoms with van der Waals surface area (Å²) in [4.78, 5) is 30.5. The van der Waals surface area contributed by atoms with Crippen molar-refractivity contribution in [1.82, 2.24) is 14.5 Å². The van der Waals surface area contributed by atoms with E-state index in [9.17, 15) is 9.59 Å². The van der Waals surface area contributed by atoms with Crippen LogP contribution in [-0.4, -0.2) is 28.3 Å². The molecule has 0 saturated heterocycles. The molecule has 2 N–H and O–H groups in total. The molecule has 7 nitrogen and oxygen atoms in total. The SMILES string of the molecule is COC[C@H](Nc1nc(=O)n(C(C)C)c(=O)[nH]1)c1cccc(C)c1. The van der Waals surface area contributed by atoms with Crippen LogP contribution in [0.15, 0.2) is 33.9 Å². The molecular formula is C16H22N4O3. The van der Waals surface area contributed by atoms with E-state index < -0.39 is 11.4 Å². The van der Waals surface area contributed by atoms with Gasteiger partial charge in [0.25, 0.3) is 0 Å². The van der Waals surface area contributed by atoms with Gasteiger partial charge in [0.2, 0.25) is 5.95 Å². The summed E-state index contributed by atoms with van der Waals surface area (Å²) in [6, 6.07) is 7.44. The molecule has 1 atom stereocenters. The summed E-state index contributed by atoms with van der Waals surface area (Å²) in [5.74, 6) is 0.139. The Labute approximate surface area is 134 Å². The molecule has 0 aliphatic carbocycles. The Balaban J connectivity index is 2.34. The zero-order valence-electron chi connectivity index (χ0n) is 13.8. The van der Waals surface area contributed by atoms with Crippen LogP contribution in [0.1, 0.15) is 37.1 Å². The van der Waals surface area contributed by atoms with E-state index in [1.165, 1.54) is 0 Å². The summed E-state index contributed by atoms with van der Waals surface area (Å²) in [7, 11) is 1.59. The van der Waals surface area contributed by atoms with E-state index in [0.29, 0.717) is 6.61 Å². The van der Waals surface area contributed by atoms with Crippen LogP contribution in [0.25, 0.3) is 0 Å². The van der Waals surface area contributed by atoms with Crippen molar-refractivity contribution in [1.29, 1.82) is 0 Å². The molecule has 0 amide bonds. The number of methoxy groups -OCH3 is 1. The first kappa shape index (κ1) is 17.0. The van der Waals surface area contributed by atoms with Gasteiger partial charge in [-0.05, 0) is 26.3 Å². The molecule has 0 aliphatic heterocycles. The van der Waals surface area contributed by atoms with Crippen LogP contribution in [-0.2, 0) is 4.74 Å². The summed E-state index contributed by atoms with van der Waals surface area (Å²) < 4.78 is 6.30. The zero-order valence-corrected chi connectivity index (χ0v) is 13.8. The maximum absolute atomic E-state index is 12.0. The fourth-order valence-electron chi connectivity index (χ4n) is 2.39. The number of hydrogen-bond acceptors (Lipinski definition) is 5. The highest BCUT2D eigenvalue weighted by Crippen LogP contribution is 2.18. The number of rotatable bonds is 6. The standard InChI is InChI=1S/C16H22N4O3/c1-10(2)20-15(21)18-14(19-16(20)22)17-13(9-23-4)12-7-5-6-11(3)8-12/h5-8,10,13H,9H2,1-4H3,(H2,17,18,19,21,22)/t13-/m0/s1. The smallest absolute Gasteiger partial charge is 0.355 e. The predicted molar refractivity (Wildman–Crippen MR) is 88.9 cm³/mol. The average molecular weight is 318 g/mol. The third-order valence-corrected chi connectivity index (χ3v) is 3.46. The molecule has 23 heavy (non-hydrogen) atoms. The third kappa shape index (κ3) is 4.07. The van der Waals surface area contributed by atoms with E-state index in [1.807, 2.05) is 31.2 Å². The molecule has 124 valence electrons. The van der Waals surface area contributed by atoms with E-state index in [1.54, 1.807) is 21.0 Å². The summed E-state index contributed by atoms with van der Waals surface area (Å²) in [5.41, 5.74) is 1.04. The Morgan fingerprint density at radius 3 is 2.65 bits per heavy atom. The number of aromatic amines is 1. The Hall–Kier alpha value is -2.41. The van der Waals surface area contributed by atoms with Crippen molar-refractivity contribution in [3.05, 3.63) is 56.4 Å². The predicted octanol–water partition coefficient (Wildman–Crippen LogP) is 1.62. The molecule has 1 aromatic heterocycles. The number of nitrogens with one attached hydrogen (secondary N) is 2. The van der Waals surface area contributed by atoms with E-state index in [0.717, 1.165) is 15.7 Å². The molecule has 0 aliphatic rings. The molecule has 0 saturated carbocycles. The van der Waals surface area contributed by atoms with Crippen LogP contribution in [0.2, 0.25) is 0 Å². The van der Waals surface area contributed by atoms with Crippen molar-refractivity contribution in [3.8, 4) is 0 Å². The lowest BCUT2D eigenvalue weighted by molar-refractivity contribution is 0.186. The molecule has 0 fully saturated rings. The first-order valence-electron chi connectivity index (χ1n) is 7.47. The second kappa shape index (κ2) is 7.23. The minimum absolute atomic E-state index is 0.139. The molecule has 0 bridgehead atoms.